The number of rotatable bonds is 3. The maximum Gasteiger partial charge on any atom is 0.253 e. The lowest BCUT2D eigenvalue weighted by Crippen LogP contribution is -2.48. The number of nitrogens with two attached hydrogens (primary N) is 1. The summed E-state index contributed by atoms with van der Waals surface area (Å²) in [5, 5.41) is 8.82. The minimum Gasteiger partial charge on any atom is -0.337 e. The molecule has 1 saturated heterocycles. The van der Waals surface area contributed by atoms with Crippen LogP contribution in [0.3, 0.4) is 0 Å². The van der Waals surface area contributed by atoms with Gasteiger partial charge in [0, 0.05) is 31.1 Å². The molecule has 115 valence electrons. The van der Waals surface area contributed by atoms with Crippen LogP contribution in [0.1, 0.15) is 38.5 Å². The Morgan fingerprint density at radius 1 is 1.26 bits per heavy atom. The first-order valence-corrected chi connectivity index (χ1v) is 7.56. The van der Waals surface area contributed by atoms with E-state index in [4.69, 9.17) is 11.0 Å². The van der Waals surface area contributed by atoms with Crippen molar-refractivity contribution in [2.45, 2.75) is 12.5 Å². The van der Waals surface area contributed by atoms with E-state index < -0.39 is 0 Å². The van der Waals surface area contributed by atoms with Crippen molar-refractivity contribution < 1.29 is 4.79 Å². The normalized spacial score (nSPS) is 14.2. The summed E-state index contributed by atoms with van der Waals surface area (Å²) in [7, 11) is 0. The first-order chi connectivity index (χ1) is 11.1. The summed E-state index contributed by atoms with van der Waals surface area (Å²) >= 11 is 0. The van der Waals surface area contributed by atoms with Gasteiger partial charge in [0.2, 0.25) is 0 Å². The zero-order valence-electron chi connectivity index (χ0n) is 12.8. The van der Waals surface area contributed by atoms with Crippen molar-refractivity contribution in [1.29, 1.82) is 5.26 Å². The van der Waals surface area contributed by atoms with E-state index in [1.54, 1.807) is 6.07 Å². The Labute approximate surface area is 136 Å². The number of benzene rings is 2. The molecule has 1 aliphatic rings. The molecule has 1 heterocycles. The lowest BCUT2D eigenvalue weighted by atomic mass is 9.90. The van der Waals surface area contributed by atoms with Gasteiger partial charge in [0.05, 0.1) is 11.6 Å². The topological polar surface area (TPSA) is 70.1 Å². The molecule has 0 saturated carbocycles. The summed E-state index contributed by atoms with van der Waals surface area (Å²) in [6, 6.07) is 15.2. The highest BCUT2D eigenvalue weighted by atomic mass is 16.2. The number of nitrogens with zero attached hydrogens (tertiary/aromatic N) is 2. The molecule has 1 fully saturated rings. The number of hydrogen-bond donors (Lipinski definition) is 1. The molecule has 1 amide bonds. The van der Waals surface area contributed by atoms with Crippen LogP contribution >= 0.6 is 0 Å². The summed E-state index contributed by atoms with van der Waals surface area (Å²) in [4.78, 5) is 14.3. The molecule has 4 heteroatoms. The number of hydrogen-bond acceptors (Lipinski definition) is 3. The Balaban J connectivity index is 1.65. The van der Waals surface area contributed by atoms with Gasteiger partial charge >= 0.3 is 0 Å². The molecule has 2 aromatic carbocycles. The number of likely N-dealkylation sites (tertiary alicyclic amines) is 1. The Kier molecular flexibility index (Phi) is 4.14. The van der Waals surface area contributed by atoms with Crippen LogP contribution in [0.15, 0.2) is 42.5 Å². The first kappa shape index (κ1) is 15.3. The molecule has 0 bridgehead atoms. The summed E-state index contributed by atoms with van der Waals surface area (Å²) in [5.41, 5.74) is 9.87. The molecule has 0 unspecified atom stereocenters. The Morgan fingerprint density at radius 2 is 1.96 bits per heavy atom. The van der Waals surface area contributed by atoms with Crippen molar-refractivity contribution in [2.75, 3.05) is 13.1 Å². The van der Waals surface area contributed by atoms with Crippen LogP contribution in [0.2, 0.25) is 0 Å². The fourth-order valence-electron chi connectivity index (χ4n) is 2.83. The predicted molar refractivity (Wildman–Crippen MR) is 88.6 cm³/mol. The fraction of sp³-hybridized carbons (Fsp3) is 0.211. The molecule has 1 aliphatic heterocycles. The average Bonchev–Trinajstić information content (AvgIpc) is 2.54. The molecule has 0 atom stereocenters. The van der Waals surface area contributed by atoms with Crippen molar-refractivity contribution in [3.8, 4) is 6.07 Å². The van der Waals surface area contributed by atoms with Gasteiger partial charge < -0.3 is 10.6 Å². The van der Waals surface area contributed by atoms with E-state index in [0.29, 0.717) is 36.7 Å². The largest absolute Gasteiger partial charge is 0.337 e. The van der Waals surface area contributed by atoms with E-state index in [-0.39, 0.29) is 5.91 Å². The van der Waals surface area contributed by atoms with Gasteiger partial charge in [-0.3, -0.25) is 4.79 Å². The maximum absolute atomic E-state index is 12.5. The quantitative estimate of drug-likeness (QED) is 0.947. The van der Waals surface area contributed by atoms with Crippen molar-refractivity contribution in [3.63, 3.8) is 0 Å². The van der Waals surface area contributed by atoms with E-state index in [1.807, 2.05) is 41.3 Å². The van der Waals surface area contributed by atoms with Crippen molar-refractivity contribution in [2.24, 2.45) is 5.73 Å². The summed E-state index contributed by atoms with van der Waals surface area (Å²) < 4.78 is 0. The van der Waals surface area contributed by atoms with E-state index in [9.17, 15) is 4.79 Å². The highest BCUT2D eigenvalue weighted by Gasteiger charge is 2.32. The van der Waals surface area contributed by atoms with Gasteiger partial charge in [0.15, 0.2) is 0 Å². The van der Waals surface area contributed by atoms with Crippen LogP contribution in [0.5, 0.6) is 0 Å². The zero-order chi connectivity index (χ0) is 16.4. The Morgan fingerprint density at radius 3 is 2.52 bits per heavy atom. The highest BCUT2D eigenvalue weighted by Crippen LogP contribution is 2.28. The van der Waals surface area contributed by atoms with E-state index in [2.05, 4.69) is 13.0 Å². The zero-order valence-corrected chi connectivity index (χ0v) is 12.8. The van der Waals surface area contributed by atoms with Crippen molar-refractivity contribution in [3.05, 3.63) is 77.2 Å². The highest BCUT2D eigenvalue weighted by molar-refractivity contribution is 5.95. The lowest BCUT2D eigenvalue weighted by Gasteiger charge is -2.39. The molecule has 3 rings (SSSR count). The van der Waals surface area contributed by atoms with Crippen LogP contribution < -0.4 is 5.73 Å². The second-order valence-corrected chi connectivity index (χ2v) is 5.83. The van der Waals surface area contributed by atoms with E-state index >= 15 is 0 Å². The molecule has 23 heavy (non-hydrogen) atoms. The summed E-state index contributed by atoms with van der Waals surface area (Å²) in [5.74, 6) is 0.373. The molecule has 0 aliphatic carbocycles. The molecule has 2 N–H and O–H groups in total. The maximum atomic E-state index is 12.5. The average molecular weight is 304 g/mol. The number of carbonyl (C=O) groups excluding carboxylic acids is 1. The van der Waals surface area contributed by atoms with Crippen LogP contribution in [0, 0.1) is 18.3 Å². The van der Waals surface area contributed by atoms with Gasteiger partial charge in [-0.15, -0.1) is 0 Å². The molecule has 2 aromatic rings. The third-order valence-electron chi connectivity index (χ3n) is 4.35. The SMILES string of the molecule is [CH2]c1cc(C(=O)N2CC(c3ccc(C#N)cc3)C2)ccc1CN. The predicted octanol–water partition coefficient (Wildman–Crippen LogP) is 2.44. The third-order valence-corrected chi connectivity index (χ3v) is 4.35. The van der Waals surface area contributed by atoms with Crippen molar-refractivity contribution in [1.82, 2.24) is 4.90 Å². The van der Waals surface area contributed by atoms with Gasteiger partial charge in [-0.1, -0.05) is 18.2 Å². The minimum absolute atomic E-state index is 0.0309. The third kappa shape index (κ3) is 2.96. The van der Waals surface area contributed by atoms with Crippen LogP contribution in [0.4, 0.5) is 0 Å². The minimum atomic E-state index is 0.0309. The van der Waals surface area contributed by atoms with Crippen LogP contribution in [-0.4, -0.2) is 23.9 Å². The second-order valence-electron chi connectivity index (χ2n) is 5.83. The monoisotopic (exact) mass is 304 g/mol. The van der Waals surface area contributed by atoms with Crippen LogP contribution in [0.25, 0.3) is 0 Å². The summed E-state index contributed by atoms with van der Waals surface area (Å²) in [6.45, 7) is 5.78. The second kappa shape index (κ2) is 6.23. The Bertz CT molecular complexity index is 768. The van der Waals surface area contributed by atoms with Crippen molar-refractivity contribution >= 4 is 5.91 Å². The summed E-state index contributed by atoms with van der Waals surface area (Å²) in [6.07, 6.45) is 0. The van der Waals surface area contributed by atoms with Gasteiger partial charge in [-0.05, 0) is 47.9 Å². The molecular formula is C19H18N3O. The molecule has 4 nitrogen and oxygen atoms in total. The van der Waals surface area contributed by atoms with Gasteiger partial charge in [0.25, 0.3) is 5.91 Å². The molecule has 0 aromatic heterocycles. The molecular weight excluding hydrogens is 286 g/mol. The van der Waals surface area contributed by atoms with E-state index in [1.165, 1.54) is 5.56 Å². The molecule has 0 spiro atoms. The molecule has 1 radical (unpaired) electrons. The number of carbonyl (C=O) groups is 1. The van der Waals surface area contributed by atoms with Gasteiger partial charge in [-0.2, -0.15) is 5.26 Å². The number of nitriles is 1. The first-order valence-electron chi connectivity index (χ1n) is 7.56. The van der Waals surface area contributed by atoms with Gasteiger partial charge in [0.1, 0.15) is 0 Å². The van der Waals surface area contributed by atoms with Gasteiger partial charge in [-0.25, -0.2) is 0 Å². The fourth-order valence-corrected chi connectivity index (χ4v) is 2.83. The van der Waals surface area contributed by atoms with Crippen LogP contribution in [-0.2, 0) is 6.54 Å². The number of amides is 1. The Hall–Kier alpha value is -2.64. The smallest absolute Gasteiger partial charge is 0.253 e. The lowest BCUT2D eigenvalue weighted by molar-refractivity contribution is 0.0602. The van der Waals surface area contributed by atoms with E-state index in [0.717, 1.165) is 11.1 Å². The standard InChI is InChI=1S/C19H18N3O/c1-13-8-16(6-7-17(13)10-21)19(23)22-11-18(12-22)15-4-2-14(9-20)3-5-15/h2-8,18H,1,10-12,21H2.